The van der Waals surface area contributed by atoms with Crippen LogP contribution in [0, 0.1) is 11.3 Å². The minimum atomic E-state index is -4.38. The average molecular weight is 395 g/mol. The molecule has 0 aromatic heterocycles. The van der Waals surface area contributed by atoms with Crippen LogP contribution in [0.4, 0.5) is 18.9 Å². The van der Waals surface area contributed by atoms with E-state index in [0.717, 1.165) is 41.9 Å². The molecule has 1 saturated heterocycles. The van der Waals surface area contributed by atoms with Crippen LogP contribution in [0.15, 0.2) is 60.7 Å². The maximum absolute atomic E-state index is 13.5. The molecule has 0 N–H and O–H groups in total. The van der Waals surface area contributed by atoms with Gasteiger partial charge in [-0.15, -0.1) is 0 Å². The van der Waals surface area contributed by atoms with Gasteiger partial charge >= 0.3 is 6.18 Å². The normalized spacial score (nSPS) is 15.4. The third-order valence-corrected chi connectivity index (χ3v) is 5.35. The Morgan fingerprint density at radius 1 is 0.862 bits per heavy atom. The Kier molecular flexibility index (Phi) is 5.16. The van der Waals surface area contributed by atoms with Crippen LogP contribution in [0.2, 0.25) is 0 Å². The van der Waals surface area contributed by atoms with E-state index in [0.29, 0.717) is 12.1 Å². The molecule has 1 aliphatic heterocycles. The fourth-order valence-corrected chi connectivity index (χ4v) is 3.99. The van der Waals surface area contributed by atoms with Crippen molar-refractivity contribution >= 4 is 16.5 Å². The Labute approximate surface area is 167 Å². The number of anilines is 1. The fraction of sp³-hybridized carbons (Fsp3) is 0.261. The summed E-state index contributed by atoms with van der Waals surface area (Å²) in [6.07, 6.45) is -2.48. The molecule has 0 saturated carbocycles. The molecule has 148 valence electrons. The highest BCUT2D eigenvalue weighted by molar-refractivity contribution is 5.97. The predicted molar refractivity (Wildman–Crippen MR) is 107 cm³/mol. The van der Waals surface area contributed by atoms with E-state index >= 15 is 0 Å². The molecule has 29 heavy (non-hydrogen) atoms. The summed E-state index contributed by atoms with van der Waals surface area (Å²) >= 11 is 0. The standard InChI is InChI=1S/C23H20F3N3/c24-23(25,26)21-10-4-1-7-18(21)16-28-13-5-6-14-29(28)22-12-11-17(15-27)19-8-2-3-9-20(19)22/h1-4,7-12H,5-6,13-14,16H2. The van der Waals surface area contributed by atoms with Gasteiger partial charge in [0.25, 0.3) is 0 Å². The fourth-order valence-electron chi connectivity index (χ4n) is 3.99. The summed E-state index contributed by atoms with van der Waals surface area (Å²) in [6.45, 7) is 1.59. The highest BCUT2D eigenvalue weighted by Crippen LogP contribution is 2.35. The largest absolute Gasteiger partial charge is 0.416 e. The number of hydrogen-bond donors (Lipinski definition) is 0. The SMILES string of the molecule is N#Cc1ccc(N2CCCCN2Cc2ccccc2C(F)(F)F)c2ccccc12. The smallest absolute Gasteiger partial charge is 0.305 e. The lowest BCUT2D eigenvalue weighted by Gasteiger charge is -2.41. The van der Waals surface area contributed by atoms with E-state index in [1.807, 2.05) is 35.3 Å². The van der Waals surface area contributed by atoms with Crippen molar-refractivity contribution in [2.75, 3.05) is 18.1 Å². The Bertz CT molecular complexity index is 1070. The van der Waals surface area contributed by atoms with Crippen LogP contribution in [0.1, 0.15) is 29.5 Å². The van der Waals surface area contributed by atoms with E-state index in [1.165, 1.54) is 6.07 Å². The molecular formula is C23H20F3N3. The molecule has 4 rings (SSSR count). The molecule has 1 heterocycles. The van der Waals surface area contributed by atoms with Crippen molar-refractivity contribution in [1.82, 2.24) is 5.01 Å². The number of hydrazine groups is 1. The van der Waals surface area contributed by atoms with Crippen LogP contribution in [-0.2, 0) is 12.7 Å². The second-order valence-corrected chi connectivity index (χ2v) is 7.16. The lowest BCUT2D eigenvalue weighted by molar-refractivity contribution is -0.138. The van der Waals surface area contributed by atoms with E-state index < -0.39 is 11.7 Å². The van der Waals surface area contributed by atoms with Gasteiger partial charge in [0.1, 0.15) is 0 Å². The number of fused-ring (bicyclic) bond motifs is 1. The minimum absolute atomic E-state index is 0.185. The number of nitrogens with zero attached hydrogens (tertiary/aromatic N) is 3. The first kappa shape index (κ1) is 19.3. The van der Waals surface area contributed by atoms with Gasteiger partial charge in [0, 0.05) is 30.4 Å². The second kappa shape index (κ2) is 7.76. The molecule has 0 amide bonds. The molecule has 1 aliphatic rings. The maximum atomic E-state index is 13.5. The Morgan fingerprint density at radius 3 is 2.31 bits per heavy atom. The summed E-state index contributed by atoms with van der Waals surface area (Å²) in [5, 5.41) is 15.3. The molecule has 0 unspecified atom stereocenters. The van der Waals surface area contributed by atoms with Gasteiger partial charge in [-0.2, -0.15) is 18.4 Å². The van der Waals surface area contributed by atoms with Crippen LogP contribution < -0.4 is 5.01 Å². The van der Waals surface area contributed by atoms with Gasteiger partial charge in [0.2, 0.25) is 0 Å². The van der Waals surface area contributed by atoms with Crippen molar-refractivity contribution in [3.8, 4) is 6.07 Å². The molecule has 0 radical (unpaired) electrons. The highest BCUT2D eigenvalue weighted by Gasteiger charge is 2.34. The highest BCUT2D eigenvalue weighted by atomic mass is 19.4. The van der Waals surface area contributed by atoms with Gasteiger partial charge in [-0.05, 0) is 36.6 Å². The molecule has 6 heteroatoms. The van der Waals surface area contributed by atoms with E-state index in [1.54, 1.807) is 18.2 Å². The van der Waals surface area contributed by atoms with Gasteiger partial charge in [0.05, 0.1) is 22.9 Å². The summed E-state index contributed by atoms with van der Waals surface area (Å²) in [7, 11) is 0. The van der Waals surface area contributed by atoms with Gasteiger partial charge in [-0.3, -0.25) is 0 Å². The average Bonchev–Trinajstić information content (AvgIpc) is 2.73. The summed E-state index contributed by atoms with van der Waals surface area (Å²) in [5.74, 6) is 0. The van der Waals surface area contributed by atoms with Gasteiger partial charge in [0.15, 0.2) is 0 Å². The summed E-state index contributed by atoms with van der Waals surface area (Å²) in [6, 6.07) is 19.3. The van der Waals surface area contributed by atoms with Crippen LogP contribution >= 0.6 is 0 Å². The van der Waals surface area contributed by atoms with Crippen molar-refractivity contribution in [1.29, 1.82) is 5.26 Å². The second-order valence-electron chi connectivity index (χ2n) is 7.16. The molecule has 3 nitrogen and oxygen atoms in total. The number of alkyl halides is 3. The van der Waals surface area contributed by atoms with E-state index in [2.05, 4.69) is 11.1 Å². The molecule has 0 aliphatic carbocycles. The van der Waals surface area contributed by atoms with Crippen LogP contribution in [-0.4, -0.2) is 18.1 Å². The van der Waals surface area contributed by atoms with Gasteiger partial charge in [-0.1, -0.05) is 42.5 Å². The van der Waals surface area contributed by atoms with Gasteiger partial charge in [-0.25, -0.2) is 5.01 Å². The molecule has 3 aromatic carbocycles. The van der Waals surface area contributed by atoms with E-state index in [4.69, 9.17) is 0 Å². The van der Waals surface area contributed by atoms with E-state index in [-0.39, 0.29) is 12.1 Å². The first-order valence-electron chi connectivity index (χ1n) is 9.58. The van der Waals surface area contributed by atoms with Crippen LogP contribution in [0.3, 0.4) is 0 Å². The van der Waals surface area contributed by atoms with Crippen molar-refractivity contribution in [3.05, 3.63) is 77.4 Å². The monoisotopic (exact) mass is 395 g/mol. The number of benzene rings is 3. The van der Waals surface area contributed by atoms with Crippen molar-refractivity contribution in [2.45, 2.75) is 25.6 Å². The van der Waals surface area contributed by atoms with Crippen molar-refractivity contribution in [2.24, 2.45) is 0 Å². The maximum Gasteiger partial charge on any atom is 0.416 e. The van der Waals surface area contributed by atoms with E-state index in [9.17, 15) is 18.4 Å². The Morgan fingerprint density at radius 2 is 1.55 bits per heavy atom. The molecule has 1 fully saturated rings. The topological polar surface area (TPSA) is 30.3 Å². The number of halogens is 3. The first-order chi connectivity index (χ1) is 14.0. The quantitative estimate of drug-likeness (QED) is 0.566. The van der Waals surface area contributed by atoms with Crippen LogP contribution in [0.5, 0.6) is 0 Å². The zero-order valence-electron chi connectivity index (χ0n) is 15.8. The summed E-state index contributed by atoms with van der Waals surface area (Å²) in [5.41, 5.74) is 1.19. The molecule has 0 bridgehead atoms. The summed E-state index contributed by atoms with van der Waals surface area (Å²) in [4.78, 5) is 0. The lowest BCUT2D eigenvalue weighted by atomic mass is 10.0. The number of nitriles is 1. The molecule has 3 aromatic rings. The van der Waals surface area contributed by atoms with Crippen LogP contribution in [0.25, 0.3) is 10.8 Å². The number of rotatable bonds is 3. The zero-order chi connectivity index (χ0) is 20.4. The first-order valence-corrected chi connectivity index (χ1v) is 9.58. The predicted octanol–water partition coefficient (Wildman–Crippen LogP) is 5.75. The third-order valence-electron chi connectivity index (χ3n) is 5.35. The number of hydrogen-bond acceptors (Lipinski definition) is 3. The minimum Gasteiger partial charge on any atom is -0.305 e. The zero-order valence-corrected chi connectivity index (χ0v) is 15.8. The lowest BCUT2D eigenvalue weighted by Crippen LogP contribution is -2.47. The molecular weight excluding hydrogens is 375 g/mol. The Hall–Kier alpha value is -3.04. The Balaban J connectivity index is 1.74. The van der Waals surface area contributed by atoms with Crippen molar-refractivity contribution < 1.29 is 13.2 Å². The summed E-state index contributed by atoms with van der Waals surface area (Å²) < 4.78 is 40.4. The molecule has 0 spiro atoms. The third kappa shape index (κ3) is 3.79. The molecule has 0 atom stereocenters. The van der Waals surface area contributed by atoms with Gasteiger partial charge < -0.3 is 5.01 Å². The van der Waals surface area contributed by atoms with Crippen molar-refractivity contribution in [3.63, 3.8) is 0 Å².